The predicted molar refractivity (Wildman–Crippen MR) is 142 cm³/mol. The minimum Gasteiger partial charge on any atom is -0.461 e. The summed E-state index contributed by atoms with van der Waals surface area (Å²) in [5, 5.41) is 10.3. The summed E-state index contributed by atoms with van der Waals surface area (Å²) < 4.78 is 10.2. The Morgan fingerprint density at radius 2 is 2.03 bits per heavy atom. The van der Waals surface area contributed by atoms with Crippen LogP contribution in [0.5, 0.6) is 0 Å². The monoisotopic (exact) mass is 535 g/mol. The van der Waals surface area contributed by atoms with Crippen LogP contribution in [-0.4, -0.2) is 119 Å². The van der Waals surface area contributed by atoms with E-state index in [9.17, 15) is 19.5 Å². The first-order chi connectivity index (χ1) is 17.8. The third kappa shape index (κ3) is 5.10. The van der Waals surface area contributed by atoms with Gasteiger partial charge in [0.15, 0.2) is 0 Å². The van der Waals surface area contributed by atoms with E-state index in [0.29, 0.717) is 39.3 Å². The molecule has 2 bridgehead atoms. The molecule has 2 unspecified atom stereocenters. The maximum Gasteiger partial charge on any atom is 0.311 e. The molecule has 37 heavy (non-hydrogen) atoms. The van der Waals surface area contributed by atoms with Crippen LogP contribution < -0.4 is 0 Å². The average molecular weight is 536 g/mol. The van der Waals surface area contributed by atoms with Gasteiger partial charge < -0.3 is 24.4 Å². The van der Waals surface area contributed by atoms with Gasteiger partial charge in [0, 0.05) is 38.0 Å². The first-order valence-electron chi connectivity index (χ1n) is 13.4. The number of aliphatic hydroxyl groups is 1. The molecule has 1 N–H and O–H groups in total. The Kier molecular flexibility index (Phi) is 9.04. The Morgan fingerprint density at radius 1 is 1.30 bits per heavy atom. The van der Waals surface area contributed by atoms with Gasteiger partial charge in [-0.25, -0.2) is 0 Å². The van der Waals surface area contributed by atoms with Crippen LogP contribution in [0.25, 0.3) is 0 Å². The third-order valence-electron chi connectivity index (χ3n) is 8.35. The number of fused-ring (bicyclic) bond motifs is 1. The van der Waals surface area contributed by atoms with Crippen LogP contribution in [0, 0.1) is 17.8 Å². The molecule has 4 aliphatic rings. The van der Waals surface area contributed by atoms with Crippen molar-refractivity contribution in [2.24, 2.45) is 17.8 Å². The smallest absolute Gasteiger partial charge is 0.311 e. The molecule has 0 aromatic rings. The standard InChI is InChI=1S/C27H41N3O6S/c1-5-9-29(11-10-28-12-15-35-16-13-28)25(33)23-27-8-7-20(37-27)21(26(34)36-14-6-2)22(27)24(32)30(23)19(17-31)18(3)4/h5-6,18-23,31H,1-2,7-17H2,3-4H3/t19-,20-,21+,22-,23?,27?/m0/s1. The van der Waals surface area contributed by atoms with E-state index in [-0.39, 0.29) is 36.2 Å². The molecule has 9 nitrogen and oxygen atoms in total. The quantitative estimate of drug-likeness (QED) is 0.294. The number of amides is 2. The zero-order valence-corrected chi connectivity index (χ0v) is 22.9. The van der Waals surface area contributed by atoms with Crippen molar-refractivity contribution in [1.29, 1.82) is 0 Å². The summed E-state index contributed by atoms with van der Waals surface area (Å²) in [6.07, 6.45) is 4.67. The highest BCUT2D eigenvalue weighted by Crippen LogP contribution is 2.67. The van der Waals surface area contributed by atoms with Crippen LogP contribution in [0.1, 0.15) is 26.7 Å². The molecule has 4 fully saturated rings. The van der Waals surface area contributed by atoms with E-state index in [4.69, 9.17) is 9.47 Å². The molecular formula is C27H41N3O6S. The van der Waals surface area contributed by atoms with Crippen LogP contribution >= 0.6 is 11.8 Å². The second-order valence-corrected chi connectivity index (χ2v) is 12.3. The lowest BCUT2D eigenvalue weighted by Gasteiger charge is -2.41. The Labute approximate surface area is 224 Å². The molecule has 4 saturated heterocycles. The first-order valence-corrected chi connectivity index (χ1v) is 14.3. The van der Waals surface area contributed by atoms with Gasteiger partial charge in [-0.1, -0.05) is 32.6 Å². The molecule has 4 aliphatic heterocycles. The molecule has 10 heteroatoms. The van der Waals surface area contributed by atoms with Crippen molar-refractivity contribution < 1.29 is 29.0 Å². The van der Waals surface area contributed by atoms with Gasteiger partial charge in [-0.2, -0.15) is 0 Å². The zero-order chi connectivity index (χ0) is 26.7. The van der Waals surface area contributed by atoms with Crippen molar-refractivity contribution >= 4 is 29.5 Å². The third-order valence-corrected chi connectivity index (χ3v) is 10.3. The SMILES string of the molecule is C=CCOC(=O)[C@@H]1[C@@H]2CCC3(S2)C(C(=O)N(CC=C)CCN2CCOCC2)N([C@@H](CO)C(C)C)C(=O)[C@H]13. The van der Waals surface area contributed by atoms with E-state index in [1.165, 1.54) is 6.08 Å². The van der Waals surface area contributed by atoms with Crippen LogP contribution in [0.3, 0.4) is 0 Å². The van der Waals surface area contributed by atoms with Crippen LogP contribution in [-0.2, 0) is 23.9 Å². The number of nitrogens with zero attached hydrogens (tertiary/aromatic N) is 3. The molecule has 0 saturated carbocycles. The van der Waals surface area contributed by atoms with Gasteiger partial charge in [-0.15, -0.1) is 18.3 Å². The van der Waals surface area contributed by atoms with Crippen molar-refractivity contribution in [3.63, 3.8) is 0 Å². The summed E-state index contributed by atoms with van der Waals surface area (Å²) >= 11 is 1.61. The zero-order valence-electron chi connectivity index (χ0n) is 22.0. The van der Waals surface area contributed by atoms with E-state index in [1.54, 1.807) is 27.6 Å². The fourth-order valence-corrected chi connectivity index (χ4v) is 8.75. The minimum absolute atomic E-state index is 0.0588. The maximum absolute atomic E-state index is 14.4. The van der Waals surface area contributed by atoms with E-state index in [0.717, 1.165) is 19.5 Å². The molecule has 206 valence electrons. The van der Waals surface area contributed by atoms with Crippen molar-refractivity contribution in [2.75, 3.05) is 59.2 Å². The van der Waals surface area contributed by atoms with E-state index < -0.39 is 34.6 Å². The number of rotatable bonds is 12. The number of hydrogen-bond acceptors (Lipinski definition) is 8. The molecule has 4 rings (SSSR count). The van der Waals surface area contributed by atoms with Gasteiger partial charge in [0.1, 0.15) is 12.6 Å². The molecule has 6 atom stereocenters. The number of thioether (sulfide) groups is 1. The molecule has 4 heterocycles. The number of ether oxygens (including phenoxy) is 2. The average Bonchev–Trinajstić information content (AvgIpc) is 3.53. The first kappa shape index (κ1) is 28.1. The molecule has 0 radical (unpaired) electrons. The summed E-state index contributed by atoms with van der Waals surface area (Å²) in [4.78, 5) is 47.3. The number of aliphatic hydroxyl groups excluding tert-OH is 1. The Bertz CT molecular complexity index is 893. The normalized spacial score (nSPS) is 31.9. The van der Waals surface area contributed by atoms with Gasteiger partial charge in [-0.05, 0) is 18.8 Å². The highest BCUT2D eigenvalue weighted by molar-refractivity contribution is 8.02. The van der Waals surface area contributed by atoms with Crippen molar-refractivity contribution in [3.05, 3.63) is 25.3 Å². The molecule has 2 amide bonds. The van der Waals surface area contributed by atoms with Gasteiger partial charge >= 0.3 is 5.97 Å². The highest BCUT2D eigenvalue weighted by Gasteiger charge is 2.74. The summed E-state index contributed by atoms with van der Waals surface area (Å²) in [5.74, 6) is -2.04. The van der Waals surface area contributed by atoms with E-state index >= 15 is 0 Å². The Hall–Kier alpha value is -1.88. The van der Waals surface area contributed by atoms with Gasteiger partial charge in [0.25, 0.3) is 0 Å². The minimum atomic E-state index is -0.749. The summed E-state index contributed by atoms with van der Waals surface area (Å²) in [5.41, 5.74) is 0. The number of carbonyl (C=O) groups is 3. The molecule has 0 aromatic carbocycles. The molecule has 0 aromatic heterocycles. The van der Waals surface area contributed by atoms with Crippen LogP contribution in [0.15, 0.2) is 25.3 Å². The largest absolute Gasteiger partial charge is 0.461 e. The second-order valence-electron chi connectivity index (χ2n) is 10.7. The van der Waals surface area contributed by atoms with Crippen molar-refractivity contribution in [2.45, 2.75) is 48.8 Å². The van der Waals surface area contributed by atoms with E-state index in [1.807, 2.05) is 13.8 Å². The maximum atomic E-state index is 14.4. The number of esters is 1. The summed E-state index contributed by atoms with van der Waals surface area (Å²) in [6, 6.07) is -1.27. The number of hydrogen-bond donors (Lipinski definition) is 1. The lowest BCUT2D eigenvalue weighted by Crippen LogP contribution is -2.59. The molecule has 0 aliphatic carbocycles. The Morgan fingerprint density at radius 3 is 2.65 bits per heavy atom. The van der Waals surface area contributed by atoms with Gasteiger partial charge in [-0.3, -0.25) is 19.3 Å². The van der Waals surface area contributed by atoms with E-state index in [2.05, 4.69) is 18.1 Å². The molecular weight excluding hydrogens is 494 g/mol. The predicted octanol–water partition coefficient (Wildman–Crippen LogP) is 1.17. The lowest BCUT2D eigenvalue weighted by molar-refractivity contribution is -0.153. The lowest BCUT2D eigenvalue weighted by atomic mass is 9.71. The van der Waals surface area contributed by atoms with Crippen molar-refractivity contribution in [3.8, 4) is 0 Å². The van der Waals surface area contributed by atoms with Gasteiger partial charge in [0.05, 0.1) is 42.4 Å². The fourth-order valence-electron chi connectivity index (χ4n) is 6.56. The number of carbonyl (C=O) groups excluding carboxylic acids is 3. The fraction of sp³-hybridized carbons (Fsp3) is 0.741. The topological polar surface area (TPSA) is 99.6 Å². The summed E-state index contributed by atoms with van der Waals surface area (Å²) in [7, 11) is 0. The van der Waals surface area contributed by atoms with Crippen LogP contribution in [0.2, 0.25) is 0 Å². The Balaban J connectivity index is 1.67. The summed E-state index contributed by atoms with van der Waals surface area (Å²) in [6.45, 7) is 15.8. The van der Waals surface area contributed by atoms with Gasteiger partial charge in [0.2, 0.25) is 11.8 Å². The number of likely N-dealkylation sites (tertiary alicyclic amines) is 1. The highest BCUT2D eigenvalue weighted by atomic mass is 32.2. The van der Waals surface area contributed by atoms with Crippen molar-refractivity contribution in [1.82, 2.24) is 14.7 Å². The second kappa shape index (κ2) is 11.9. The molecule has 1 spiro atoms. The number of morpholine rings is 1. The van der Waals surface area contributed by atoms with Crippen LogP contribution in [0.4, 0.5) is 0 Å².